The molecule has 1 aromatic rings. The minimum Gasteiger partial charge on any atom is -0.466 e. The molecule has 3 rings (SSSR count). The number of dihydropyridines is 1. The zero-order valence-corrected chi connectivity index (χ0v) is 12.7. The van der Waals surface area contributed by atoms with E-state index in [1.165, 1.54) is 7.11 Å². The number of hydrogen-bond donors (Lipinski definition) is 1. The second-order valence-electron chi connectivity index (χ2n) is 5.59. The van der Waals surface area contributed by atoms with Crippen molar-refractivity contribution in [3.63, 3.8) is 0 Å². The van der Waals surface area contributed by atoms with Crippen LogP contribution in [0.4, 0.5) is 0 Å². The first-order valence-corrected chi connectivity index (χ1v) is 7.42. The van der Waals surface area contributed by atoms with E-state index in [4.69, 9.17) is 4.74 Å². The molecular formula is C17H19N2O3+. The van der Waals surface area contributed by atoms with Gasteiger partial charge in [-0.15, -0.1) is 0 Å². The van der Waals surface area contributed by atoms with Gasteiger partial charge in [-0.1, -0.05) is 0 Å². The van der Waals surface area contributed by atoms with Crippen LogP contribution in [-0.2, 0) is 14.3 Å². The first-order valence-electron chi connectivity index (χ1n) is 7.42. The van der Waals surface area contributed by atoms with Crippen LogP contribution in [0.5, 0.6) is 0 Å². The SMILES string of the molecule is COC(=O)C1=C(C)NC2=C(C(=O)CCC2)C1c1cc[nH+]cc1. The molecule has 0 saturated carbocycles. The van der Waals surface area contributed by atoms with Crippen molar-refractivity contribution in [3.05, 3.63) is 52.6 Å². The number of pyridine rings is 1. The summed E-state index contributed by atoms with van der Waals surface area (Å²) in [5.41, 5.74) is 3.85. The summed E-state index contributed by atoms with van der Waals surface area (Å²) in [5.74, 6) is -0.639. The van der Waals surface area contributed by atoms with Gasteiger partial charge in [-0.3, -0.25) is 4.79 Å². The summed E-state index contributed by atoms with van der Waals surface area (Å²) in [4.78, 5) is 27.8. The van der Waals surface area contributed by atoms with Crippen LogP contribution < -0.4 is 10.3 Å². The van der Waals surface area contributed by atoms with Gasteiger partial charge in [0.1, 0.15) is 0 Å². The summed E-state index contributed by atoms with van der Waals surface area (Å²) >= 11 is 0. The van der Waals surface area contributed by atoms with Crippen LogP contribution in [0.25, 0.3) is 0 Å². The predicted molar refractivity (Wildman–Crippen MR) is 79.5 cm³/mol. The molecule has 1 atom stereocenters. The molecule has 0 aromatic carbocycles. The topological polar surface area (TPSA) is 69.5 Å². The van der Waals surface area contributed by atoms with Gasteiger partial charge in [0.2, 0.25) is 0 Å². The van der Waals surface area contributed by atoms with E-state index in [-0.39, 0.29) is 11.7 Å². The Balaban J connectivity index is 2.18. The lowest BCUT2D eigenvalue weighted by molar-refractivity contribution is -0.378. The number of carbonyl (C=O) groups is 2. The number of esters is 1. The molecule has 0 spiro atoms. The molecule has 2 aliphatic rings. The molecule has 1 aliphatic carbocycles. The average molecular weight is 299 g/mol. The summed E-state index contributed by atoms with van der Waals surface area (Å²) in [6.45, 7) is 1.86. The number of aromatic amines is 1. The first-order chi connectivity index (χ1) is 10.6. The number of ketones is 1. The molecule has 1 unspecified atom stereocenters. The van der Waals surface area contributed by atoms with E-state index < -0.39 is 5.97 Å². The second kappa shape index (κ2) is 5.75. The van der Waals surface area contributed by atoms with Crippen molar-refractivity contribution >= 4 is 11.8 Å². The zero-order valence-electron chi connectivity index (χ0n) is 12.7. The van der Waals surface area contributed by atoms with Gasteiger partial charge in [0.25, 0.3) is 0 Å². The lowest BCUT2D eigenvalue weighted by Crippen LogP contribution is -2.34. The van der Waals surface area contributed by atoms with Gasteiger partial charge >= 0.3 is 5.97 Å². The maximum atomic E-state index is 12.5. The van der Waals surface area contributed by atoms with Gasteiger partial charge in [0, 0.05) is 41.4 Å². The molecule has 2 heterocycles. The van der Waals surface area contributed by atoms with Crippen molar-refractivity contribution in [2.24, 2.45) is 0 Å². The van der Waals surface area contributed by atoms with Crippen LogP contribution in [0.2, 0.25) is 0 Å². The molecule has 5 heteroatoms. The minimum absolute atomic E-state index is 0.112. The van der Waals surface area contributed by atoms with Gasteiger partial charge in [0.05, 0.1) is 12.7 Å². The zero-order chi connectivity index (χ0) is 15.7. The highest BCUT2D eigenvalue weighted by Crippen LogP contribution is 2.42. The highest BCUT2D eigenvalue weighted by Gasteiger charge is 2.38. The largest absolute Gasteiger partial charge is 0.466 e. The van der Waals surface area contributed by atoms with E-state index >= 15 is 0 Å². The molecule has 0 saturated heterocycles. The Morgan fingerprint density at radius 1 is 1.32 bits per heavy atom. The van der Waals surface area contributed by atoms with Gasteiger partial charge in [-0.05, 0) is 25.3 Å². The van der Waals surface area contributed by atoms with Crippen LogP contribution in [0.15, 0.2) is 47.1 Å². The van der Waals surface area contributed by atoms with Crippen molar-refractivity contribution in [1.29, 1.82) is 0 Å². The smallest absolute Gasteiger partial charge is 0.336 e. The van der Waals surface area contributed by atoms with Crippen LogP contribution >= 0.6 is 0 Å². The van der Waals surface area contributed by atoms with E-state index in [9.17, 15) is 9.59 Å². The molecular weight excluding hydrogens is 280 g/mol. The van der Waals surface area contributed by atoms with Gasteiger partial charge < -0.3 is 10.1 Å². The Labute approximate surface area is 129 Å². The van der Waals surface area contributed by atoms with Crippen LogP contribution in [-0.4, -0.2) is 18.9 Å². The summed E-state index contributed by atoms with van der Waals surface area (Å²) < 4.78 is 4.95. The molecule has 1 aromatic heterocycles. The summed E-state index contributed by atoms with van der Waals surface area (Å²) in [6, 6.07) is 3.80. The van der Waals surface area contributed by atoms with Gasteiger partial charge in [-0.2, -0.15) is 0 Å². The molecule has 114 valence electrons. The maximum Gasteiger partial charge on any atom is 0.336 e. The Kier molecular flexibility index (Phi) is 3.79. The van der Waals surface area contributed by atoms with Crippen LogP contribution in [0.3, 0.4) is 0 Å². The quantitative estimate of drug-likeness (QED) is 0.843. The van der Waals surface area contributed by atoms with Crippen LogP contribution in [0, 0.1) is 0 Å². The number of carbonyl (C=O) groups excluding carboxylic acids is 2. The standard InChI is InChI=1S/C17H18N2O3/c1-10-14(17(21)22-2)15(11-6-8-18-9-7-11)16-12(19-10)4-3-5-13(16)20/h6-9,15,19H,3-5H2,1-2H3/p+1. The number of ether oxygens (including phenoxy) is 1. The minimum atomic E-state index is -0.396. The first kappa shape index (κ1) is 14.5. The fourth-order valence-electron chi connectivity index (χ4n) is 3.29. The number of aromatic nitrogens is 1. The third kappa shape index (κ3) is 2.32. The molecule has 0 fully saturated rings. The van der Waals surface area contributed by atoms with Crippen molar-refractivity contribution < 1.29 is 19.3 Å². The highest BCUT2D eigenvalue weighted by molar-refractivity contribution is 6.03. The fourth-order valence-corrected chi connectivity index (χ4v) is 3.29. The Morgan fingerprint density at radius 3 is 2.73 bits per heavy atom. The monoisotopic (exact) mass is 299 g/mol. The number of H-pyrrole nitrogens is 1. The van der Waals surface area contributed by atoms with E-state index in [1.54, 1.807) is 12.4 Å². The number of hydrogen-bond acceptors (Lipinski definition) is 4. The summed E-state index contributed by atoms with van der Waals surface area (Å²) in [6.07, 6.45) is 5.82. The molecule has 22 heavy (non-hydrogen) atoms. The second-order valence-corrected chi connectivity index (χ2v) is 5.59. The van der Waals surface area contributed by atoms with Crippen molar-refractivity contribution in [1.82, 2.24) is 5.32 Å². The summed E-state index contributed by atoms with van der Waals surface area (Å²) in [5, 5.41) is 3.24. The van der Waals surface area contributed by atoms with E-state index in [1.807, 2.05) is 19.1 Å². The normalized spacial score (nSPS) is 21.4. The lowest BCUT2D eigenvalue weighted by Gasteiger charge is -2.33. The van der Waals surface area contributed by atoms with Gasteiger partial charge in [-0.25, -0.2) is 9.78 Å². The predicted octanol–water partition coefficient (Wildman–Crippen LogP) is 1.64. The highest BCUT2D eigenvalue weighted by atomic mass is 16.5. The van der Waals surface area contributed by atoms with E-state index in [2.05, 4.69) is 10.3 Å². The number of methoxy groups -OCH3 is 1. The number of allylic oxidation sites excluding steroid dienone is 3. The third-order valence-electron chi connectivity index (χ3n) is 4.26. The molecule has 1 aliphatic heterocycles. The number of nitrogens with one attached hydrogen (secondary N) is 2. The number of Topliss-reactive ketones (excluding diaryl/α,β-unsaturated/α-hetero) is 1. The fraction of sp³-hybridized carbons (Fsp3) is 0.353. The molecule has 0 amide bonds. The third-order valence-corrected chi connectivity index (χ3v) is 4.26. The molecule has 2 N–H and O–H groups in total. The van der Waals surface area contributed by atoms with Crippen molar-refractivity contribution in [2.75, 3.05) is 7.11 Å². The Hall–Kier alpha value is -2.43. The average Bonchev–Trinajstić information content (AvgIpc) is 2.54. The molecule has 5 nitrogen and oxygen atoms in total. The van der Waals surface area contributed by atoms with E-state index in [0.29, 0.717) is 17.6 Å². The number of rotatable bonds is 2. The molecule has 0 radical (unpaired) electrons. The Morgan fingerprint density at radius 2 is 2.05 bits per heavy atom. The molecule has 0 bridgehead atoms. The maximum absolute atomic E-state index is 12.5. The van der Waals surface area contributed by atoms with Crippen molar-refractivity contribution in [3.8, 4) is 0 Å². The van der Waals surface area contributed by atoms with Gasteiger partial charge in [0.15, 0.2) is 18.2 Å². The van der Waals surface area contributed by atoms with Crippen LogP contribution in [0.1, 0.15) is 37.7 Å². The summed E-state index contributed by atoms with van der Waals surface area (Å²) in [7, 11) is 1.37. The Bertz CT molecular complexity index is 689. The lowest BCUT2D eigenvalue weighted by atomic mass is 9.75. The van der Waals surface area contributed by atoms with E-state index in [0.717, 1.165) is 29.8 Å². The van der Waals surface area contributed by atoms with Crippen molar-refractivity contribution in [2.45, 2.75) is 32.1 Å².